The molecule has 33 heavy (non-hydrogen) atoms. The van der Waals surface area contributed by atoms with E-state index in [1.54, 1.807) is 12.1 Å². The Morgan fingerprint density at radius 1 is 1.06 bits per heavy atom. The molecule has 3 rings (SSSR count). The normalized spacial score (nSPS) is 15.7. The minimum atomic E-state index is -3.66. The molecule has 0 aliphatic carbocycles. The van der Waals surface area contributed by atoms with Crippen LogP contribution in [0.2, 0.25) is 5.02 Å². The standard InChI is InChI=1S/C24H33ClN4O3S/c1-27(2)23(19-10-6-7-11-21(19)25)17-26-24(30)20-16-18(33(31,32)28(3)4)12-13-22(20)29-14-8-5-9-15-29/h6-7,10-13,16,23H,5,8-9,14-15,17H2,1-4H3,(H,26,30). The Bertz CT molecular complexity index is 1080. The fourth-order valence-electron chi connectivity index (χ4n) is 4.08. The molecule has 1 fully saturated rings. The van der Waals surface area contributed by atoms with Gasteiger partial charge in [0, 0.05) is 44.4 Å². The zero-order chi connectivity index (χ0) is 24.2. The van der Waals surface area contributed by atoms with Gasteiger partial charge in [0.25, 0.3) is 5.91 Å². The van der Waals surface area contributed by atoms with E-state index in [9.17, 15) is 13.2 Å². The van der Waals surface area contributed by atoms with E-state index in [2.05, 4.69) is 10.2 Å². The lowest BCUT2D eigenvalue weighted by molar-refractivity contribution is 0.0942. The maximum absolute atomic E-state index is 13.4. The van der Waals surface area contributed by atoms with Crippen LogP contribution in [-0.2, 0) is 10.0 Å². The van der Waals surface area contributed by atoms with Gasteiger partial charge in [-0.1, -0.05) is 29.8 Å². The van der Waals surface area contributed by atoms with Gasteiger partial charge in [-0.05, 0) is 63.2 Å². The second-order valence-corrected chi connectivity index (χ2v) is 11.3. The molecule has 180 valence electrons. The van der Waals surface area contributed by atoms with Gasteiger partial charge in [0.2, 0.25) is 10.0 Å². The van der Waals surface area contributed by atoms with Gasteiger partial charge in [-0.3, -0.25) is 4.79 Å². The Kier molecular flexibility index (Phi) is 8.39. The maximum atomic E-state index is 13.4. The van der Waals surface area contributed by atoms with Gasteiger partial charge in [0.05, 0.1) is 16.5 Å². The molecule has 0 bridgehead atoms. The van der Waals surface area contributed by atoms with Crippen LogP contribution in [0.25, 0.3) is 0 Å². The van der Waals surface area contributed by atoms with Crippen LogP contribution in [0.5, 0.6) is 0 Å². The Balaban J connectivity index is 1.93. The number of piperidine rings is 1. The number of anilines is 1. The van der Waals surface area contributed by atoms with E-state index in [0.717, 1.165) is 47.9 Å². The molecule has 9 heteroatoms. The highest BCUT2D eigenvalue weighted by molar-refractivity contribution is 7.89. The number of likely N-dealkylation sites (N-methyl/N-ethyl adjacent to an activating group) is 1. The first-order chi connectivity index (χ1) is 15.6. The van der Waals surface area contributed by atoms with Crippen molar-refractivity contribution in [3.05, 3.63) is 58.6 Å². The summed E-state index contributed by atoms with van der Waals surface area (Å²) in [5.41, 5.74) is 2.06. The fraction of sp³-hybridized carbons (Fsp3) is 0.458. The third-order valence-corrected chi connectivity index (χ3v) is 8.19. The van der Waals surface area contributed by atoms with Gasteiger partial charge in [-0.25, -0.2) is 12.7 Å². The summed E-state index contributed by atoms with van der Waals surface area (Å²) in [5.74, 6) is -0.301. The van der Waals surface area contributed by atoms with Crippen molar-refractivity contribution in [3.8, 4) is 0 Å². The number of nitrogens with one attached hydrogen (secondary N) is 1. The second kappa shape index (κ2) is 10.9. The third kappa shape index (κ3) is 5.87. The van der Waals surface area contributed by atoms with Crippen LogP contribution in [0.4, 0.5) is 5.69 Å². The summed E-state index contributed by atoms with van der Waals surface area (Å²) in [7, 11) is 3.17. The SMILES string of the molecule is CN(C)C(CNC(=O)c1cc(S(=O)(=O)N(C)C)ccc1N1CCCCC1)c1ccccc1Cl. The molecule has 1 amide bonds. The molecule has 2 aromatic rings. The Morgan fingerprint density at radius 3 is 2.33 bits per heavy atom. The molecule has 7 nitrogen and oxygen atoms in total. The minimum Gasteiger partial charge on any atom is -0.371 e. The van der Waals surface area contributed by atoms with Gasteiger partial charge in [0.15, 0.2) is 0 Å². The fourth-order valence-corrected chi connectivity index (χ4v) is 5.27. The first kappa shape index (κ1) is 25.5. The number of rotatable bonds is 8. The molecule has 1 atom stereocenters. The molecule has 1 N–H and O–H groups in total. The summed E-state index contributed by atoms with van der Waals surface area (Å²) >= 11 is 6.41. The zero-order valence-corrected chi connectivity index (χ0v) is 21.3. The number of carbonyl (C=O) groups excluding carboxylic acids is 1. The van der Waals surface area contributed by atoms with E-state index in [-0.39, 0.29) is 16.8 Å². The van der Waals surface area contributed by atoms with Crippen molar-refractivity contribution < 1.29 is 13.2 Å². The average Bonchev–Trinajstić information content (AvgIpc) is 2.80. The number of hydrogen-bond donors (Lipinski definition) is 1. The monoisotopic (exact) mass is 492 g/mol. The van der Waals surface area contributed by atoms with Gasteiger partial charge in [-0.2, -0.15) is 0 Å². The predicted molar refractivity (Wildman–Crippen MR) is 134 cm³/mol. The Hall–Kier alpha value is -2.13. The summed E-state index contributed by atoms with van der Waals surface area (Å²) in [4.78, 5) is 17.7. The van der Waals surface area contributed by atoms with Crippen LogP contribution in [-0.4, -0.2) is 71.4 Å². The molecule has 0 spiro atoms. The van der Waals surface area contributed by atoms with Crippen molar-refractivity contribution in [2.24, 2.45) is 0 Å². The van der Waals surface area contributed by atoms with Crippen LogP contribution >= 0.6 is 11.6 Å². The number of benzene rings is 2. The van der Waals surface area contributed by atoms with E-state index in [1.165, 1.54) is 20.2 Å². The largest absolute Gasteiger partial charge is 0.371 e. The van der Waals surface area contributed by atoms with Crippen LogP contribution in [0.1, 0.15) is 41.2 Å². The second-order valence-electron chi connectivity index (χ2n) is 8.73. The number of sulfonamides is 1. The summed E-state index contributed by atoms with van der Waals surface area (Å²) < 4.78 is 26.6. The Morgan fingerprint density at radius 2 is 1.73 bits per heavy atom. The molecule has 2 aromatic carbocycles. The topological polar surface area (TPSA) is 73.0 Å². The van der Waals surface area contributed by atoms with Gasteiger partial charge >= 0.3 is 0 Å². The lowest BCUT2D eigenvalue weighted by Crippen LogP contribution is -2.37. The zero-order valence-electron chi connectivity index (χ0n) is 19.7. The number of carbonyl (C=O) groups is 1. The van der Waals surface area contributed by atoms with E-state index >= 15 is 0 Å². The molecule has 0 radical (unpaired) electrons. The third-order valence-electron chi connectivity index (χ3n) is 6.03. The quantitative estimate of drug-likeness (QED) is 0.609. The van der Waals surface area contributed by atoms with Crippen LogP contribution in [0.15, 0.2) is 47.4 Å². The summed E-state index contributed by atoms with van der Waals surface area (Å²) in [6.07, 6.45) is 3.26. The molecular weight excluding hydrogens is 460 g/mol. The predicted octanol–water partition coefficient (Wildman–Crippen LogP) is 3.61. The van der Waals surface area contributed by atoms with Crippen molar-refractivity contribution >= 4 is 33.2 Å². The molecule has 1 aliphatic rings. The summed E-state index contributed by atoms with van der Waals surface area (Å²) in [6, 6.07) is 12.3. The molecular formula is C24H33ClN4O3S. The molecule has 0 aromatic heterocycles. The van der Waals surface area contributed by atoms with Gasteiger partial charge < -0.3 is 15.1 Å². The molecule has 1 heterocycles. The molecule has 1 saturated heterocycles. The summed E-state index contributed by atoms with van der Waals surface area (Å²) in [6.45, 7) is 2.03. The summed E-state index contributed by atoms with van der Waals surface area (Å²) in [5, 5.41) is 3.66. The number of amides is 1. The van der Waals surface area contributed by atoms with Crippen molar-refractivity contribution in [2.75, 3.05) is 52.7 Å². The first-order valence-corrected chi connectivity index (χ1v) is 13.0. The Labute approximate surface area is 202 Å². The van der Waals surface area contributed by atoms with E-state index in [4.69, 9.17) is 11.6 Å². The van der Waals surface area contributed by atoms with E-state index < -0.39 is 10.0 Å². The van der Waals surface area contributed by atoms with E-state index in [1.807, 2.05) is 43.3 Å². The van der Waals surface area contributed by atoms with Crippen molar-refractivity contribution in [1.82, 2.24) is 14.5 Å². The smallest absolute Gasteiger partial charge is 0.253 e. The van der Waals surface area contributed by atoms with E-state index in [0.29, 0.717) is 17.1 Å². The minimum absolute atomic E-state index is 0.105. The highest BCUT2D eigenvalue weighted by Crippen LogP contribution is 2.29. The van der Waals surface area contributed by atoms with Crippen molar-refractivity contribution in [3.63, 3.8) is 0 Å². The molecule has 1 aliphatic heterocycles. The maximum Gasteiger partial charge on any atom is 0.253 e. The van der Waals surface area contributed by atoms with Crippen LogP contribution in [0.3, 0.4) is 0 Å². The lowest BCUT2D eigenvalue weighted by atomic mass is 10.0. The molecule has 1 unspecified atom stereocenters. The van der Waals surface area contributed by atoms with Crippen molar-refractivity contribution in [2.45, 2.75) is 30.2 Å². The average molecular weight is 493 g/mol. The number of nitrogens with zero attached hydrogens (tertiary/aromatic N) is 3. The lowest BCUT2D eigenvalue weighted by Gasteiger charge is -2.31. The number of hydrogen-bond acceptors (Lipinski definition) is 5. The van der Waals surface area contributed by atoms with Crippen LogP contribution in [0, 0.1) is 0 Å². The molecule has 0 saturated carbocycles. The van der Waals surface area contributed by atoms with Gasteiger partial charge in [0.1, 0.15) is 0 Å². The number of halogens is 1. The van der Waals surface area contributed by atoms with Crippen molar-refractivity contribution in [1.29, 1.82) is 0 Å². The highest BCUT2D eigenvalue weighted by Gasteiger charge is 2.25. The highest BCUT2D eigenvalue weighted by atomic mass is 35.5. The van der Waals surface area contributed by atoms with Gasteiger partial charge in [-0.15, -0.1) is 0 Å². The first-order valence-electron chi connectivity index (χ1n) is 11.1. The van der Waals surface area contributed by atoms with Crippen LogP contribution < -0.4 is 10.2 Å².